The number of benzene rings is 2. The number of aromatic nitrogens is 1. The molecule has 0 spiro atoms. The molecule has 0 aliphatic carbocycles. The van der Waals surface area contributed by atoms with Gasteiger partial charge in [-0.25, -0.2) is 9.78 Å². The van der Waals surface area contributed by atoms with Gasteiger partial charge in [0.2, 0.25) is 5.89 Å². The summed E-state index contributed by atoms with van der Waals surface area (Å²) in [5.74, 6) is 0.311. The molecule has 0 saturated heterocycles. The zero-order valence-electron chi connectivity index (χ0n) is 11.1. The minimum Gasteiger partial charge on any atom is -0.403 e. The molecule has 0 radical (unpaired) electrons. The van der Waals surface area contributed by atoms with Crippen molar-refractivity contribution in [2.24, 2.45) is 0 Å². The Kier molecular flexibility index (Phi) is 3.07. The molecule has 0 unspecified atom stereocenters. The third kappa shape index (κ3) is 2.21. The zero-order valence-corrected chi connectivity index (χ0v) is 11.9. The van der Waals surface area contributed by atoms with Crippen LogP contribution in [0.2, 0.25) is 5.02 Å². The standard InChI is InChI=1S/C16H12ClNO2/c1-9-7-10(2)14-13(8-9)16(19)20-15(18-14)11-3-5-12(17)6-4-11/h3-8H,1-2H3. The first-order valence-electron chi connectivity index (χ1n) is 6.22. The van der Waals surface area contributed by atoms with Crippen molar-refractivity contribution in [3.05, 3.63) is 63.0 Å². The van der Waals surface area contributed by atoms with Crippen molar-refractivity contribution in [1.29, 1.82) is 0 Å². The normalized spacial score (nSPS) is 10.9. The highest BCUT2D eigenvalue weighted by molar-refractivity contribution is 6.30. The molecular weight excluding hydrogens is 274 g/mol. The fraction of sp³-hybridized carbons (Fsp3) is 0.125. The summed E-state index contributed by atoms with van der Waals surface area (Å²) in [4.78, 5) is 16.6. The van der Waals surface area contributed by atoms with Gasteiger partial charge in [0, 0.05) is 10.6 Å². The molecular formula is C16H12ClNO2. The molecule has 0 atom stereocenters. The molecule has 0 aliphatic rings. The molecule has 100 valence electrons. The largest absolute Gasteiger partial charge is 0.403 e. The van der Waals surface area contributed by atoms with Crippen molar-refractivity contribution in [3.8, 4) is 11.5 Å². The molecule has 0 aliphatic heterocycles. The number of nitrogens with zero attached hydrogens (tertiary/aromatic N) is 1. The maximum absolute atomic E-state index is 12.1. The van der Waals surface area contributed by atoms with Crippen LogP contribution in [0, 0.1) is 13.8 Å². The van der Waals surface area contributed by atoms with Crippen molar-refractivity contribution in [3.63, 3.8) is 0 Å². The van der Waals surface area contributed by atoms with E-state index in [1.165, 1.54) is 0 Å². The van der Waals surface area contributed by atoms with Crippen LogP contribution in [0.5, 0.6) is 0 Å². The van der Waals surface area contributed by atoms with E-state index in [-0.39, 0.29) is 5.63 Å². The monoisotopic (exact) mass is 285 g/mol. The molecule has 0 amide bonds. The summed E-state index contributed by atoms with van der Waals surface area (Å²) in [5, 5.41) is 1.14. The van der Waals surface area contributed by atoms with E-state index in [4.69, 9.17) is 16.0 Å². The summed E-state index contributed by atoms with van der Waals surface area (Å²) in [6, 6.07) is 10.8. The van der Waals surface area contributed by atoms with Crippen LogP contribution in [0.1, 0.15) is 11.1 Å². The van der Waals surface area contributed by atoms with Crippen LogP contribution in [-0.2, 0) is 0 Å². The van der Waals surface area contributed by atoms with Crippen molar-refractivity contribution in [2.75, 3.05) is 0 Å². The SMILES string of the molecule is Cc1cc(C)c2nc(-c3ccc(Cl)cc3)oc(=O)c2c1. The number of hydrogen-bond donors (Lipinski definition) is 0. The number of rotatable bonds is 1. The first kappa shape index (κ1) is 12.9. The van der Waals surface area contributed by atoms with Gasteiger partial charge in [0.05, 0.1) is 10.9 Å². The summed E-state index contributed by atoms with van der Waals surface area (Å²) in [7, 11) is 0. The Hall–Kier alpha value is -2.13. The molecule has 4 heteroatoms. The molecule has 3 rings (SSSR count). The molecule has 0 bridgehead atoms. The summed E-state index contributed by atoms with van der Waals surface area (Å²) >= 11 is 5.86. The lowest BCUT2D eigenvalue weighted by atomic mass is 10.1. The van der Waals surface area contributed by atoms with Gasteiger partial charge in [-0.15, -0.1) is 0 Å². The van der Waals surface area contributed by atoms with Gasteiger partial charge in [-0.2, -0.15) is 0 Å². The van der Waals surface area contributed by atoms with Crippen molar-refractivity contribution < 1.29 is 4.42 Å². The lowest BCUT2D eigenvalue weighted by Gasteiger charge is -2.05. The highest BCUT2D eigenvalue weighted by Crippen LogP contribution is 2.22. The van der Waals surface area contributed by atoms with E-state index in [1.54, 1.807) is 30.3 Å². The quantitative estimate of drug-likeness (QED) is 0.675. The van der Waals surface area contributed by atoms with Crippen LogP contribution in [-0.4, -0.2) is 4.98 Å². The van der Waals surface area contributed by atoms with Gasteiger partial charge in [0.15, 0.2) is 0 Å². The van der Waals surface area contributed by atoms with Crippen molar-refractivity contribution in [2.45, 2.75) is 13.8 Å². The summed E-state index contributed by atoms with van der Waals surface area (Å²) in [6.45, 7) is 3.88. The van der Waals surface area contributed by atoms with Crippen LogP contribution in [0.4, 0.5) is 0 Å². The fourth-order valence-electron chi connectivity index (χ4n) is 2.25. The molecule has 1 aromatic heterocycles. The van der Waals surface area contributed by atoms with Crippen LogP contribution in [0.3, 0.4) is 0 Å². The highest BCUT2D eigenvalue weighted by atomic mass is 35.5. The van der Waals surface area contributed by atoms with Gasteiger partial charge in [0.25, 0.3) is 0 Å². The maximum atomic E-state index is 12.1. The van der Waals surface area contributed by atoms with Gasteiger partial charge in [0.1, 0.15) is 0 Å². The Labute approximate surface area is 120 Å². The third-order valence-electron chi connectivity index (χ3n) is 3.16. The van der Waals surface area contributed by atoms with E-state index in [0.717, 1.165) is 16.7 Å². The number of fused-ring (bicyclic) bond motifs is 1. The Bertz CT molecular complexity index is 851. The second kappa shape index (κ2) is 4.76. The van der Waals surface area contributed by atoms with E-state index in [1.807, 2.05) is 19.9 Å². The first-order valence-corrected chi connectivity index (χ1v) is 6.60. The van der Waals surface area contributed by atoms with Crippen molar-refractivity contribution in [1.82, 2.24) is 4.98 Å². The van der Waals surface area contributed by atoms with E-state index >= 15 is 0 Å². The van der Waals surface area contributed by atoms with Gasteiger partial charge >= 0.3 is 5.63 Å². The number of aryl methyl sites for hydroxylation is 2. The summed E-state index contributed by atoms with van der Waals surface area (Å²) in [5.41, 5.74) is 3.02. The highest BCUT2D eigenvalue weighted by Gasteiger charge is 2.10. The Balaban J connectivity index is 2.29. The van der Waals surface area contributed by atoms with E-state index in [2.05, 4.69) is 4.98 Å². The molecule has 0 saturated carbocycles. The number of hydrogen-bond acceptors (Lipinski definition) is 3. The Morgan fingerprint density at radius 3 is 2.50 bits per heavy atom. The maximum Gasteiger partial charge on any atom is 0.347 e. The summed E-state index contributed by atoms with van der Waals surface area (Å²) < 4.78 is 5.32. The average Bonchev–Trinajstić information content (AvgIpc) is 2.40. The zero-order chi connectivity index (χ0) is 14.3. The minimum atomic E-state index is -0.369. The second-order valence-corrected chi connectivity index (χ2v) is 5.23. The minimum absolute atomic E-state index is 0.311. The number of halogens is 1. The molecule has 1 heterocycles. The molecule has 20 heavy (non-hydrogen) atoms. The first-order chi connectivity index (χ1) is 9.54. The molecule has 2 aromatic carbocycles. The smallest absolute Gasteiger partial charge is 0.347 e. The van der Waals surface area contributed by atoms with Crippen LogP contribution < -0.4 is 5.63 Å². The van der Waals surface area contributed by atoms with Crippen molar-refractivity contribution >= 4 is 22.5 Å². The Morgan fingerprint density at radius 1 is 1.10 bits per heavy atom. The third-order valence-corrected chi connectivity index (χ3v) is 3.41. The Morgan fingerprint density at radius 2 is 1.80 bits per heavy atom. The van der Waals surface area contributed by atoms with Gasteiger partial charge < -0.3 is 4.42 Å². The van der Waals surface area contributed by atoms with E-state index < -0.39 is 0 Å². The van der Waals surface area contributed by atoms with Crippen LogP contribution >= 0.6 is 11.6 Å². The lowest BCUT2D eigenvalue weighted by Crippen LogP contribution is -2.04. The molecule has 0 fully saturated rings. The van der Waals surface area contributed by atoms with Crippen LogP contribution in [0.25, 0.3) is 22.4 Å². The van der Waals surface area contributed by atoms with Gasteiger partial charge in [-0.05, 0) is 55.3 Å². The fourth-order valence-corrected chi connectivity index (χ4v) is 2.37. The van der Waals surface area contributed by atoms with E-state index in [0.29, 0.717) is 21.8 Å². The van der Waals surface area contributed by atoms with Gasteiger partial charge in [-0.1, -0.05) is 17.7 Å². The molecule has 3 nitrogen and oxygen atoms in total. The molecule has 3 aromatic rings. The summed E-state index contributed by atoms with van der Waals surface area (Å²) in [6.07, 6.45) is 0. The van der Waals surface area contributed by atoms with Gasteiger partial charge in [-0.3, -0.25) is 0 Å². The topological polar surface area (TPSA) is 43.1 Å². The lowest BCUT2D eigenvalue weighted by molar-refractivity contribution is 0.518. The predicted octanol–water partition coefficient (Wildman–Crippen LogP) is 4.13. The molecule has 0 N–H and O–H groups in total. The van der Waals surface area contributed by atoms with E-state index in [9.17, 15) is 4.79 Å². The second-order valence-electron chi connectivity index (χ2n) is 4.79. The predicted molar refractivity (Wildman–Crippen MR) is 80.2 cm³/mol. The average molecular weight is 286 g/mol. The van der Waals surface area contributed by atoms with Crippen LogP contribution in [0.15, 0.2) is 45.6 Å².